The molecule has 2 atom stereocenters. The van der Waals surface area contributed by atoms with Gasteiger partial charge in [0, 0.05) is 5.88 Å². The van der Waals surface area contributed by atoms with Crippen molar-refractivity contribution >= 4 is 11.6 Å². The van der Waals surface area contributed by atoms with Crippen LogP contribution in [0.1, 0.15) is 51.5 Å². The number of hydrogen-bond acceptors (Lipinski definition) is 1. The van der Waals surface area contributed by atoms with Crippen molar-refractivity contribution in [2.45, 2.75) is 52.4 Å². The Kier molecular flexibility index (Phi) is 8.77. The molecule has 0 bridgehead atoms. The summed E-state index contributed by atoms with van der Waals surface area (Å²) in [6.45, 7) is 4.57. The summed E-state index contributed by atoms with van der Waals surface area (Å²) < 4.78 is 5.29. The molecule has 0 heterocycles. The molecule has 0 aliphatic rings. The lowest BCUT2D eigenvalue weighted by molar-refractivity contribution is 0.352. The number of ether oxygens (including phenoxy) is 1. The Labute approximate surface area is 129 Å². The van der Waals surface area contributed by atoms with E-state index in [1.807, 2.05) is 6.07 Å². The molecule has 1 rings (SSSR count). The van der Waals surface area contributed by atoms with E-state index in [0.717, 1.165) is 24.0 Å². The second kappa shape index (κ2) is 10.1. The number of rotatable bonds is 10. The van der Waals surface area contributed by atoms with Gasteiger partial charge in [0.1, 0.15) is 5.75 Å². The maximum Gasteiger partial charge on any atom is 0.119 e. The second-order valence-corrected chi connectivity index (χ2v) is 6.04. The minimum atomic E-state index is 0.575. The number of methoxy groups -OCH3 is 1. The quantitative estimate of drug-likeness (QED) is 0.503. The summed E-state index contributed by atoms with van der Waals surface area (Å²) >= 11 is 6.19. The first kappa shape index (κ1) is 17.4. The minimum absolute atomic E-state index is 0.575. The third-order valence-electron chi connectivity index (χ3n) is 4.09. The average molecular weight is 297 g/mol. The minimum Gasteiger partial charge on any atom is -0.497 e. The van der Waals surface area contributed by atoms with E-state index in [1.165, 1.54) is 37.7 Å². The summed E-state index contributed by atoms with van der Waals surface area (Å²) in [5.41, 5.74) is 1.33. The van der Waals surface area contributed by atoms with Gasteiger partial charge in [-0.3, -0.25) is 0 Å². The molecule has 0 aliphatic carbocycles. The predicted octanol–water partition coefficient (Wildman–Crippen LogP) is 5.70. The van der Waals surface area contributed by atoms with Crippen molar-refractivity contribution in [1.82, 2.24) is 0 Å². The van der Waals surface area contributed by atoms with Crippen LogP contribution in [-0.2, 0) is 6.42 Å². The third-order valence-corrected chi connectivity index (χ3v) is 4.52. The molecule has 20 heavy (non-hydrogen) atoms. The Hall–Kier alpha value is -0.690. The maximum atomic E-state index is 6.19. The molecule has 0 N–H and O–H groups in total. The van der Waals surface area contributed by atoms with Gasteiger partial charge in [-0.15, -0.1) is 11.6 Å². The van der Waals surface area contributed by atoms with Crippen LogP contribution in [0.4, 0.5) is 0 Å². The van der Waals surface area contributed by atoms with Gasteiger partial charge in [0.25, 0.3) is 0 Å². The van der Waals surface area contributed by atoms with Crippen molar-refractivity contribution in [3.8, 4) is 5.75 Å². The molecule has 0 aromatic heterocycles. The second-order valence-electron chi connectivity index (χ2n) is 5.73. The zero-order valence-electron chi connectivity index (χ0n) is 13.2. The van der Waals surface area contributed by atoms with Crippen LogP contribution in [0.15, 0.2) is 24.3 Å². The Balaban J connectivity index is 2.56. The molecule has 0 radical (unpaired) electrons. The zero-order chi connectivity index (χ0) is 14.8. The summed E-state index contributed by atoms with van der Waals surface area (Å²) in [4.78, 5) is 0. The summed E-state index contributed by atoms with van der Waals surface area (Å²) in [6.07, 6.45) is 7.55. The molecule has 0 aliphatic heterocycles. The number of benzene rings is 1. The fraction of sp³-hybridized carbons (Fsp3) is 0.667. The Morgan fingerprint density at radius 1 is 1.20 bits per heavy atom. The Morgan fingerprint density at radius 3 is 2.60 bits per heavy atom. The molecule has 0 amide bonds. The molecule has 1 aromatic rings. The van der Waals surface area contributed by atoms with Gasteiger partial charge in [-0.25, -0.2) is 0 Å². The molecule has 0 fully saturated rings. The lowest BCUT2D eigenvalue weighted by Gasteiger charge is -2.21. The number of halogens is 1. The standard InChI is InChI=1S/C18H29ClO/c1-4-6-8-15(5-2)11-17(14-19)12-16-9-7-10-18(13-16)20-3/h7,9-10,13,15,17H,4-6,8,11-12,14H2,1-3H3. The number of unbranched alkanes of at least 4 members (excludes halogenated alkanes) is 1. The van der Waals surface area contributed by atoms with Gasteiger partial charge in [-0.05, 0) is 42.4 Å². The summed E-state index contributed by atoms with van der Waals surface area (Å²) in [5, 5.41) is 0. The van der Waals surface area contributed by atoms with E-state index < -0.39 is 0 Å². The lowest BCUT2D eigenvalue weighted by atomic mass is 9.86. The Bertz CT molecular complexity index is 364. The third kappa shape index (κ3) is 6.17. The lowest BCUT2D eigenvalue weighted by Crippen LogP contribution is -2.13. The van der Waals surface area contributed by atoms with Crippen LogP contribution in [0, 0.1) is 11.8 Å². The van der Waals surface area contributed by atoms with Crippen molar-refractivity contribution < 1.29 is 4.74 Å². The summed E-state index contributed by atoms with van der Waals surface area (Å²) in [6, 6.07) is 8.37. The SMILES string of the molecule is CCCCC(CC)CC(CCl)Cc1cccc(OC)c1. The summed E-state index contributed by atoms with van der Waals surface area (Å²) in [7, 11) is 1.72. The van der Waals surface area contributed by atoms with E-state index >= 15 is 0 Å². The van der Waals surface area contributed by atoms with Crippen LogP contribution in [0.25, 0.3) is 0 Å². The van der Waals surface area contributed by atoms with E-state index in [2.05, 4.69) is 32.0 Å². The van der Waals surface area contributed by atoms with Gasteiger partial charge in [0.15, 0.2) is 0 Å². The van der Waals surface area contributed by atoms with E-state index in [0.29, 0.717) is 5.92 Å². The van der Waals surface area contributed by atoms with Gasteiger partial charge in [0.2, 0.25) is 0 Å². The van der Waals surface area contributed by atoms with Gasteiger partial charge < -0.3 is 4.74 Å². The molecular weight excluding hydrogens is 268 g/mol. The van der Waals surface area contributed by atoms with Crippen molar-refractivity contribution in [3.63, 3.8) is 0 Å². The highest BCUT2D eigenvalue weighted by molar-refractivity contribution is 6.18. The van der Waals surface area contributed by atoms with Crippen LogP contribution in [0.3, 0.4) is 0 Å². The van der Waals surface area contributed by atoms with E-state index in [-0.39, 0.29) is 0 Å². The smallest absolute Gasteiger partial charge is 0.119 e. The van der Waals surface area contributed by atoms with Crippen molar-refractivity contribution in [2.24, 2.45) is 11.8 Å². The molecule has 0 spiro atoms. The zero-order valence-corrected chi connectivity index (χ0v) is 14.0. The fourth-order valence-corrected chi connectivity index (χ4v) is 3.02. The van der Waals surface area contributed by atoms with Gasteiger partial charge in [-0.1, -0.05) is 51.7 Å². The topological polar surface area (TPSA) is 9.23 Å². The van der Waals surface area contributed by atoms with Crippen molar-refractivity contribution in [3.05, 3.63) is 29.8 Å². The highest BCUT2D eigenvalue weighted by atomic mass is 35.5. The first-order valence-electron chi connectivity index (χ1n) is 7.92. The van der Waals surface area contributed by atoms with Gasteiger partial charge >= 0.3 is 0 Å². The average Bonchev–Trinajstić information content (AvgIpc) is 2.50. The predicted molar refractivity (Wildman–Crippen MR) is 88.8 cm³/mol. The van der Waals surface area contributed by atoms with E-state index in [4.69, 9.17) is 16.3 Å². The molecule has 1 nitrogen and oxygen atoms in total. The molecule has 1 aromatic carbocycles. The fourth-order valence-electron chi connectivity index (χ4n) is 2.79. The van der Waals surface area contributed by atoms with Crippen molar-refractivity contribution in [2.75, 3.05) is 13.0 Å². The van der Waals surface area contributed by atoms with Crippen LogP contribution >= 0.6 is 11.6 Å². The van der Waals surface area contributed by atoms with Crippen LogP contribution in [-0.4, -0.2) is 13.0 Å². The molecule has 0 saturated heterocycles. The van der Waals surface area contributed by atoms with E-state index in [1.54, 1.807) is 7.11 Å². The molecule has 2 unspecified atom stereocenters. The van der Waals surface area contributed by atoms with Gasteiger partial charge in [-0.2, -0.15) is 0 Å². The Morgan fingerprint density at radius 2 is 2.00 bits per heavy atom. The monoisotopic (exact) mass is 296 g/mol. The van der Waals surface area contributed by atoms with Crippen LogP contribution in [0.5, 0.6) is 5.75 Å². The number of hydrogen-bond donors (Lipinski definition) is 0. The van der Waals surface area contributed by atoms with Crippen LogP contribution < -0.4 is 4.74 Å². The molecule has 2 heteroatoms. The first-order valence-corrected chi connectivity index (χ1v) is 8.45. The van der Waals surface area contributed by atoms with E-state index in [9.17, 15) is 0 Å². The normalized spacial score (nSPS) is 14.0. The first-order chi connectivity index (χ1) is 9.73. The molecular formula is C18H29ClO. The maximum absolute atomic E-state index is 6.19. The molecule has 0 saturated carbocycles. The van der Waals surface area contributed by atoms with Crippen LogP contribution in [0.2, 0.25) is 0 Å². The largest absolute Gasteiger partial charge is 0.497 e. The summed E-state index contributed by atoms with van der Waals surface area (Å²) in [5.74, 6) is 3.09. The molecule has 114 valence electrons. The highest BCUT2D eigenvalue weighted by Crippen LogP contribution is 2.26. The number of alkyl halides is 1. The van der Waals surface area contributed by atoms with Gasteiger partial charge in [0.05, 0.1) is 7.11 Å². The van der Waals surface area contributed by atoms with Crippen molar-refractivity contribution in [1.29, 1.82) is 0 Å². The highest BCUT2D eigenvalue weighted by Gasteiger charge is 2.15.